The Hall–Kier alpha value is -1.61. The minimum Gasteiger partial charge on any atom is -0.466 e. The van der Waals surface area contributed by atoms with E-state index < -0.39 is 0 Å². The molecule has 0 saturated heterocycles. The number of benzene rings is 1. The fraction of sp³-hybridized carbons (Fsp3) is 0.375. The van der Waals surface area contributed by atoms with Gasteiger partial charge in [-0.3, -0.25) is 0 Å². The van der Waals surface area contributed by atoms with Gasteiger partial charge in [-0.2, -0.15) is 0 Å². The van der Waals surface area contributed by atoms with E-state index in [1.165, 1.54) is 17.7 Å². The van der Waals surface area contributed by atoms with Crippen LogP contribution in [0.25, 0.3) is 0 Å². The van der Waals surface area contributed by atoms with Crippen molar-refractivity contribution in [2.45, 2.75) is 39.8 Å². The monoisotopic (exact) mass is 261 g/mol. The normalized spacial score (nSPS) is 14.4. The van der Waals surface area contributed by atoms with Crippen LogP contribution in [-0.2, 0) is 0 Å². The van der Waals surface area contributed by atoms with E-state index >= 15 is 0 Å². The Morgan fingerprint density at radius 3 is 2.21 bits per heavy atom. The maximum absolute atomic E-state index is 12.9. The van der Waals surface area contributed by atoms with Gasteiger partial charge in [0, 0.05) is 17.6 Å². The Morgan fingerprint density at radius 1 is 1.05 bits per heavy atom. The number of halogens is 1. The molecule has 0 aliphatic rings. The Kier molecular flexibility index (Phi) is 4.05. The molecule has 1 unspecified atom stereocenters. The van der Waals surface area contributed by atoms with Gasteiger partial charge < -0.3 is 9.73 Å². The quantitative estimate of drug-likeness (QED) is 0.879. The van der Waals surface area contributed by atoms with Crippen LogP contribution in [0.1, 0.15) is 48.6 Å². The molecule has 0 radical (unpaired) electrons. The molecule has 2 rings (SSSR count). The molecule has 1 N–H and O–H groups in total. The number of furan rings is 1. The van der Waals surface area contributed by atoms with Crippen LogP contribution >= 0.6 is 0 Å². The molecule has 1 heterocycles. The second-order valence-electron chi connectivity index (χ2n) is 5.03. The van der Waals surface area contributed by atoms with Gasteiger partial charge in [0.25, 0.3) is 0 Å². The van der Waals surface area contributed by atoms with E-state index in [-0.39, 0.29) is 17.9 Å². The van der Waals surface area contributed by atoms with Crippen LogP contribution in [0.5, 0.6) is 0 Å². The highest BCUT2D eigenvalue weighted by Gasteiger charge is 2.15. The maximum Gasteiger partial charge on any atom is 0.123 e. The van der Waals surface area contributed by atoms with Crippen molar-refractivity contribution in [3.05, 3.63) is 58.8 Å². The molecule has 2 aromatic rings. The average Bonchev–Trinajstić information content (AvgIpc) is 2.69. The van der Waals surface area contributed by atoms with E-state index in [9.17, 15) is 4.39 Å². The SMILES string of the molecule is Cc1cc(C(C)N[C@H](C)c2ccc(F)cc2)c(C)o1. The summed E-state index contributed by atoms with van der Waals surface area (Å²) in [7, 11) is 0. The summed E-state index contributed by atoms with van der Waals surface area (Å²) >= 11 is 0. The zero-order valence-electron chi connectivity index (χ0n) is 11.8. The highest BCUT2D eigenvalue weighted by atomic mass is 19.1. The third kappa shape index (κ3) is 3.24. The van der Waals surface area contributed by atoms with E-state index in [2.05, 4.69) is 25.2 Å². The van der Waals surface area contributed by atoms with Gasteiger partial charge in [0.2, 0.25) is 0 Å². The molecule has 2 atom stereocenters. The van der Waals surface area contributed by atoms with Crippen LogP contribution in [0.15, 0.2) is 34.7 Å². The summed E-state index contributed by atoms with van der Waals surface area (Å²) < 4.78 is 18.4. The highest BCUT2D eigenvalue weighted by Crippen LogP contribution is 2.24. The number of hydrogen-bond acceptors (Lipinski definition) is 2. The lowest BCUT2D eigenvalue weighted by Gasteiger charge is -2.20. The molecule has 0 amide bonds. The molecule has 1 aromatic carbocycles. The Bertz CT molecular complexity index is 544. The first-order valence-electron chi connectivity index (χ1n) is 6.56. The van der Waals surface area contributed by atoms with Crippen LogP contribution in [0.3, 0.4) is 0 Å². The van der Waals surface area contributed by atoms with Crippen LogP contribution in [-0.4, -0.2) is 0 Å². The van der Waals surface area contributed by atoms with Crippen molar-refractivity contribution in [2.75, 3.05) is 0 Å². The zero-order chi connectivity index (χ0) is 14.0. The Balaban J connectivity index is 2.08. The van der Waals surface area contributed by atoms with Gasteiger partial charge in [-0.15, -0.1) is 0 Å². The fourth-order valence-corrected chi connectivity index (χ4v) is 2.39. The highest BCUT2D eigenvalue weighted by molar-refractivity contribution is 5.25. The van der Waals surface area contributed by atoms with Crippen molar-refractivity contribution in [2.24, 2.45) is 0 Å². The topological polar surface area (TPSA) is 25.2 Å². The number of hydrogen-bond donors (Lipinski definition) is 1. The molecule has 0 saturated carbocycles. The standard InChI is InChI=1S/C16H20FNO/c1-10-9-16(13(4)19-10)12(3)18-11(2)14-5-7-15(17)8-6-14/h5-9,11-12,18H,1-4H3/t11-,12?/m1/s1. The molecule has 0 aliphatic heterocycles. The molecular formula is C16H20FNO. The van der Waals surface area contributed by atoms with Gasteiger partial charge in [-0.25, -0.2) is 4.39 Å². The van der Waals surface area contributed by atoms with Crippen molar-refractivity contribution in [3.63, 3.8) is 0 Å². The third-order valence-electron chi connectivity index (χ3n) is 3.42. The lowest BCUT2D eigenvalue weighted by Crippen LogP contribution is -2.22. The van der Waals surface area contributed by atoms with Crippen LogP contribution in [0, 0.1) is 19.7 Å². The second-order valence-corrected chi connectivity index (χ2v) is 5.03. The summed E-state index contributed by atoms with van der Waals surface area (Å²) in [5.74, 6) is 1.67. The smallest absolute Gasteiger partial charge is 0.123 e. The molecule has 2 nitrogen and oxygen atoms in total. The van der Waals surface area contributed by atoms with Crippen molar-refractivity contribution in [1.29, 1.82) is 0 Å². The van der Waals surface area contributed by atoms with E-state index in [1.54, 1.807) is 0 Å². The van der Waals surface area contributed by atoms with E-state index in [0.29, 0.717) is 0 Å². The van der Waals surface area contributed by atoms with Gasteiger partial charge in [0.05, 0.1) is 0 Å². The third-order valence-corrected chi connectivity index (χ3v) is 3.42. The molecule has 1 aromatic heterocycles. The van der Waals surface area contributed by atoms with E-state index in [1.807, 2.05) is 26.0 Å². The Morgan fingerprint density at radius 2 is 1.68 bits per heavy atom. The first-order chi connectivity index (χ1) is 8.97. The summed E-state index contributed by atoms with van der Waals surface area (Å²) in [6.45, 7) is 8.11. The fourth-order valence-electron chi connectivity index (χ4n) is 2.39. The van der Waals surface area contributed by atoms with E-state index in [4.69, 9.17) is 4.42 Å². The van der Waals surface area contributed by atoms with Crippen LogP contribution in [0.2, 0.25) is 0 Å². The number of aryl methyl sites for hydroxylation is 2. The lowest BCUT2D eigenvalue weighted by atomic mass is 10.0. The summed E-state index contributed by atoms with van der Waals surface area (Å²) in [6.07, 6.45) is 0. The van der Waals surface area contributed by atoms with Gasteiger partial charge in [-0.05, 0) is 51.5 Å². The maximum atomic E-state index is 12.9. The summed E-state index contributed by atoms with van der Waals surface area (Å²) in [4.78, 5) is 0. The van der Waals surface area contributed by atoms with Gasteiger partial charge in [0.1, 0.15) is 17.3 Å². The van der Waals surface area contributed by atoms with Gasteiger partial charge >= 0.3 is 0 Å². The predicted octanol–water partition coefficient (Wildman–Crippen LogP) is 4.45. The van der Waals surface area contributed by atoms with Gasteiger partial charge in [0.15, 0.2) is 0 Å². The van der Waals surface area contributed by atoms with E-state index in [0.717, 1.165) is 17.1 Å². The minimum atomic E-state index is -0.203. The largest absolute Gasteiger partial charge is 0.466 e. The van der Waals surface area contributed by atoms with Crippen LogP contribution in [0.4, 0.5) is 4.39 Å². The summed E-state index contributed by atoms with van der Waals surface area (Å²) in [5, 5.41) is 3.50. The molecule has 19 heavy (non-hydrogen) atoms. The first-order valence-corrected chi connectivity index (χ1v) is 6.56. The predicted molar refractivity (Wildman–Crippen MR) is 74.5 cm³/mol. The molecule has 0 bridgehead atoms. The second kappa shape index (κ2) is 5.57. The molecule has 0 aliphatic carbocycles. The van der Waals surface area contributed by atoms with Crippen molar-refractivity contribution in [3.8, 4) is 0 Å². The molecular weight excluding hydrogens is 241 g/mol. The van der Waals surface area contributed by atoms with Gasteiger partial charge in [-0.1, -0.05) is 12.1 Å². The molecule has 0 fully saturated rings. The first kappa shape index (κ1) is 13.8. The Labute approximate surface area is 113 Å². The minimum absolute atomic E-state index is 0.158. The lowest BCUT2D eigenvalue weighted by molar-refractivity contribution is 0.468. The molecule has 3 heteroatoms. The number of nitrogens with one attached hydrogen (secondary N) is 1. The van der Waals surface area contributed by atoms with Crippen molar-refractivity contribution < 1.29 is 8.81 Å². The average molecular weight is 261 g/mol. The van der Waals surface area contributed by atoms with Crippen molar-refractivity contribution >= 4 is 0 Å². The summed E-state index contributed by atoms with van der Waals surface area (Å²) in [5.41, 5.74) is 2.25. The van der Waals surface area contributed by atoms with Crippen molar-refractivity contribution in [1.82, 2.24) is 5.32 Å². The summed E-state index contributed by atoms with van der Waals surface area (Å²) in [6, 6.07) is 9.02. The number of rotatable bonds is 4. The van der Waals surface area contributed by atoms with Crippen LogP contribution < -0.4 is 5.32 Å². The molecule has 0 spiro atoms. The zero-order valence-corrected chi connectivity index (χ0v) is 11.8. The molecule has 102 valence electrons.